The smallest absolute Gasteiger partial charge is 0.355 e. The van der Waals surface area contributed by atoms with Crippen LogP contribution in [0.4, 0.5) is 0 Å². The molecule has 1 aromatic carbocycles. The van der Waals surface area contributed by atoms with Gasteiger partial charge in [-0.15, -0.1) is 0 Å². The van der Waals surface area contributed by atoms with Crippen molar-refractivity contribution in [2.75, 3.05) is 33.3 Å². The van der Waals surface area contributed by atoms with Crippen LogP contribution >= 0.6 is 0 Å². The molecule has 3 aliphatic heterocycles. The van der Waals surface area contributed by atoms with E-state index in [1.165, 1.54) is 26.4 Å². The Balaban J connectivity index is 1.09. The molecule has 12 nitrogen and oxygen atoms in total. The topological polar surface area (TPSA) is 149 Å². The van der Waals surface area contributed by atoms with Crippen LogP contribution in [0.2, 0.25) is 0 Å². The third-order valence-corrected chi connectivity index (χ3v) is 12.8. The fraction of sp³-hybridized carbons (Fsp3) is 0.605. The molecule has 12 heteroatoms. The number of hydrogen-bond acceptors (Lipinski definition) is 11. The Bertz CT molecular complexity index is 1740. The molecule has 4 heterocycles. The van der Waals surface area contributed by atoms with Gasteiger partial charge >= 0.3 is 17.9 Å². The fourth-order valence-electron chi connectivity index (χ4n) is 9.89. The normalized spacial score (nSPS) is 36.2. The predicted molar refractivity (Wildman–Crippen MR) is 204 cm³/mol. The van der Waals surface area contributed by atoms with Crippen molar-refractivity contribution in [3.63, 3.8) is 0 Å². The number of aliphatic hydroxyl groups excluding tert-OH is 1. The third kappa shape index (κ3) is 7.81. The van der Waals surface area contributed by atoms with Crippen molar-refractivity contribution in [2.45, 2.75) is 102 Å². The molecule has 3 N–H and O–H groups in total. The Morgan fingerprint density at radius 3 is 2.65 bits per heavy atom. The molecule has 0 amide bonds. The molecule has 4 bridgehead atoms. The quantitative estimate of drug-likeness (QED) is 0.125. The second-order valence-electron chi connectivity index (χ2n) is 16.2. The summed E-state index contributed by atoms with van der Waals surface area (Å²) in [4.78, 5) is 46.0. The maximum Gasteiger partial charge on any atom is 0.355 e. The molecular formula is C43H57N3O9. The van der Waals surface area contributed by atoms with E-state index in [-0.39, 0.29) is 24.2 Å². The summed E-state index contributed by atoms with van der Waals surface area (Å²) in [6.45, 7) is 12.4. The largest absolute Gasteiger partial charge is 0.456 e. The van der Waals surface area contributed by atoms with Gasteiger partial charge in [-0.25, -0.2) is 14.4 Å². The van der Waals surface area contributed by atoms with E-state index in [0.29, 0.717) is 17.8 Å². The highest BCUT2D eigenvalue weighted by Gasteiger charge is 2.69. The van der Waals surface area contributed by atoms with E-state index in [4.69, 9.17) is 23.7 Å². The van der Waals surface area contributed by atoms with Crippen LogP contribution in [0, 0.1) is 29.6 Å². The summed E-state index contributed by atoms with van der Waals surface area (Å²) in [6, 6.07) is 10.8. The molecule has 1 aromatic heterocycles. The Morgan fingerprint density at radius 2 is 1.91 bits per heavy atom. The minimum absolute atomic E-state index is 0.227. The second-order valence-corrected chi connectivity index (χ2v) is 16.2. The standard InChI is InChI=1S/C43H57N3O9/c1-25-21-26(2)43-31(14-15-32-35(43)36(47)27(3)38(39(32)55-43)54-41(49)33-13-10-16-45-33)23-34(51-5)42(50)53-37(25)28(4)52-40(48)30-12-9-11-29(22-30)24-44-17-20-46-18-7-6-8-19-46/h9-16,21-22,25,27-28,31-32,34-39,44-45,47H,6-8,17-20,23-24H2,1-5H3/b26-21+/t25-,27-,28-,31?,32-,34+,35+,36-,37+,38-,39-,43+/m1/s1. The van der Waals surface area contributed by atoms with Crippen LogP contribution in [-0.2, 0) is 35.0 Å². The summed E-state index contributed by atoms with van der Waals surface area (Å²) >= 11 is 0. The number of cyclic esters (lactones) is 1. The highest BCUT2D eigenvalue weighted by Crippen LogP contribution is 2.61. The van der Waals surface area contributed by atoms with Gasteiger partial charge in [-0.2, -0.15) is 0 Å². The van der Waals surface area contributed by atoms with Crippen LogP contribution in [0.5, 0.6) is 0 Å². The summed E-state index contributed by atoms with van der Waals surface area (Å²) in [5.74, 6) is -3.35. The van der Waals surface area contributed by atoms with Crippen molar-refractivity contribution < 1.29 is 43.2 Å². The Morgan fingerprint density at radius 1 is 1.11 bits per heavy atom. The van der Waals surface area contributed by atoms with Crippen molar-refractivity contribution in [1.82, 2.24) is 15.2 Å². The van der Waals surface area contributed by atoms with Crippen LogP contribution in [-0.4, -0.2) is 108 Å². The van der Waals surface area contributed by atoms with E-state index in [1.807, 2.05) is 51.1 Å². The maximum atomic E-state index is 13.8. The first-order chi connectivity index (χ1) is 26.5. The van der Waals surface area contributed by atoms with Crippen LogP contribution in [0.25, 0.3) is 0 Å². The van der Waals surface area contributed by atoms with Gasteiger partial charge in [0, 0.05) is 62.5 Å². The zero-order chi connectivity index (χ0) is 38.9. The van der Waals surface area contributed by atoms with Crippen molar-refractivity contribution in [3.05, 3.63) is 83.2 Å². The van der Waals surface area contributed by atoms with Gasteiger partial charge in [0.15, 0.2) is 6.10 Å². The number of aliphatic hydroxyl groups is 1. The van der Waals surface area contributed by atoms with E-state index >= 15 is 0 Å². The molecule has 5 aliphatic rings. The Hall–Kier alpha value is -3.81. The lowest BCUT2D eigenvalue weighted by Crippen LogP contribution is -2.57. The first-order valence-electron chi connectivity index (χ1n) is 20.1. The number of hydrogen-bond donors (Lipinski definition) is 3. The van der Waals surface area contributed by atoms with Gasteiger partial charge in [-0.1, -0.05) is 50.6 Å². The molecular weight excluding hydrogens is 702 g/mol. The highest BCUT2D eigenvalue weighted by molar-refractivity contribution is 5.89. The maximum absolute atomic E-state index is 13.8. The first-order valence-corrected chi connectivity index (χ1v) is 20.1. The average Bonchev–Trinajstić information content (AvgIpc) is 3.79. The zero-order valence-electron chi connectivity index (χ0n) is 32.6. The molecule has 2 aliphatic carbocycles. The number of nitrogens with one attached hydrogen (secondary N) is 2. The summed E-state index contributed by atoms with van der Waals surface area (Å²) < 4.78 is 31.1. The number of likely N-dealkylation sites (tertiary alicyclic amines) is 1. The van der Waals surface area contributed by atoms with Crippen LogP contribution < -0.4 is 5.32 Å². The van der Waals surface area contributed by atoms with Crippen molar-refractivity contribution >= 4 is 17.9 Å². The van der Waals surface area contributed by atoms with E-state index in [0.717, 1.165) is 37.3 Å². The third-order valence-electron chi connectivity index (χ3n) is 12.8. The molecule has 0 radical (unpaired) electrons. The summed E-state index contributed by atoms with van der Waals surface area (Å²) in [6.07, 6.45) is 7.14. The number of ether oxygens (including phenoxy) is 5. The Kier molecular flexibility index (Phi) is 12.0. The molecule has 7 rings (SSSR count). The highest BCUT2D eigenvalue weighted by atomic mass is 16.6. The lowest BCUT2D eigenvalue weighted by atomic mass is 9.57. The van der Waals surface area contributed by atoms with Gasteiger partial charge in [-0.3, -0.25) is 0 Å². The van der Waals surface area contributed by atoms with Gasteiger partial charge in [-0.05, 0) is 81.6 Å². The predicted octanol–water partition coefficient (Wildman–Crippen LogP) is 4.84. The Labute approximate surface area is 323 Å². The molecule has 1 saturated carbocycles. The number of aromatic amines is 1. The van der Waals surface area contributed by atoms with E-state index in [1.54, 1.807) is 31.3 Å². The number of nitrogens with zero attached hydrogens (tertiary/aromatic N) is 1. The van der Waals surface area contributed by atoms with Gasteiger partial charge in [0.1, 0.15) is 35.7 Å². The molecule has 1 unspecified atom stereocenters. The molecule has 2 aromatic rings. The fourth-order valence-corrected chi connectivity index (χ4v) is 9.89. The minimum atomic E-state index is -1.01. The number of aromatic nitrogens is 1. The summed E-state index contributed by atoms with van der Waals surface area (Å²) in [7, 11) is 1.47. The molecule has 298 valence electrons. The van der Waals surface area contributed by atoms with Crippen LogP contribution in [0.15, 0.2) is 66.4 Å². The zero-order valence-corrected chi connectivity index (χ0v) is 32.6. The molecule has 12 atom stereocenters. The minimum Gasteiger partial charge on any atom is -0.456 e. The van der Waals surface area contributed by atoms with Crippen molar-refractivity contribution in [1.29, 1.82) is 0 Å². The number of H-pyrrole nitrogens is 1. The lowest BCUT2D eigenvalue weighted by Gasteiger charge is -2.48. The van der Waals surface area contributed by atoms with Crippen molar-refractivity contribution in [2.24, 2.45) is 29.6 Å². The number of methoxy groups -OCH3 is 1. The number of benzene rings is 1. The number of carbonyl (C=O) groups excluding carboxylic acids is 3. The van der Waals surface area contributed by atoms with Gasteiger partial charge in [0.25, 0.3) is 0 Å². The lowest BCUT2D eigenvalue weighted by molar-refractivity contribution is -0.172. The van der Waals surface area contributed by atoms with E-state index in [2.05, 4.69) is 21.3 Å². The monoisotopic (exact) mass is 759 g/mol. The van der Waals surface area contributed by atoms with Gasteiger partial charge < -0.3 is 44.0 Å². The molecule has 2 saturated heterocycles. The molecule has 1 spiro atoms. The number of rotatable bonds is 11. The van der Waals surface area contributed by atoms with Crippen LogP contribution in [0.1, 0.15) is 79.8 Å². The number of carbonyl (C=O) groups is 3. The average molecular weight is 760 g/mol. The number of piperidine rings is 1. The second kappa shape index (κ2) is 16.7. The summed E-state index contributed by atoms with van der Waals surface area (Å²) in [5.41, 5.74) is 1.58. The summed E-state index contributed by atoms with van der Waals surface area (Å²) in [5, 5.41) is 15.5. The van der Waals surface area contributed by atoms with Gasteiger partial charge in [0.05, 0.1) is 11.7 Å². The van der Waals surface area contributed by atoms with Crippen LogP contribution in [0.3, 0.4) is 0 Å². The first kappa shape index (κ1) is 39.4. The number of esters is 3. The molecule has 55 heavy (non-hydrogen) atoms. The molecule has 3 fully saturated rings. The van der Waals surface area contributed by atoms with E-state index in [9.17, 15) is 19.5 Å². The van der Waals surface area contributed by atoms with Gasteiger partial charge in [0.2, 0.25) is 0 Å². The SMILES string of the molecule is CO[C@H]1CC2C=C[C@H]3[C@H]4O[C@]2(/C(C)=C/[C@@H](C)[C@@H]([C@@H](C)OC(=O)c2cccc(CNCCN5CCCCC5)c2)OC1=O)[C@@H]3[C@H](O)[C@@H](C)[C@H]4OC(=O)c1ccc[nH]1. The van der Waals surface area contributed by atoms with Crippen molar-refractivity contribution in [3.8, 4) is 0 Å². The van der Waals surface area contributed by atoms with E-state index < -0.39 is 72.0 Å².